The predicted molar refractivity (Wildman–Crippen MR) is 130 cm³/mol. The molecule has 0 bridgehead atoms. The van der Waals surface area contributed by atoms with Crippen LogP contribution in [0.25, 0.3) is 0 Å². The van der Waals surface area contributed by atoms with Crippen LogP contribution in [0.4, 0.5) is 5.69 Å². The lowest BCUT2D eigenvalue weighted by Gasteiger charge is -2.42. The molecule has 0 spiro atoms. The number of hydrogen-bond acceptors (Lipinski definition) is 5. The minimum absolute atomic E-state index is 0.0131. The van der Waals surface area contributed by atoms with Crippen molar-refractivity contribution in [2.24, 2.45) is 17.3 Å². The summed E-state index contributed by atoms with van der Waals surface area (Å²) < 4.78 is 0. The summed E-state index contributed by atoms with van der Waals surface area (Å²) in [4.78, 5) is 29.1. The van der Waals surface area contributed by atoms with E-state index in [2.05, 4.69) is 18.8 Å². The van der Waals surface area contributed by atoms with Gasteiger partial charge in [0.05, 0.1) is 10.6 Å². The smallest absolute Gasteiger partial charge is 0.348 e. The standard InChI is InChI=1S/C25H38N2O4S/c1-8-19(23(29)26(6)7)27(22(28)17-11-9-16(2)10-12-17)20-15-18(13-14-25(3,4)5)32-21(20)24(30)31/h15-17,19,22,28H,8-12H2,1-7H3,(H,30,31). The number of nitrogens with zero attached hydrogens (tertiary/aromatic N) is 2. The molecule has 2 unspecified atom stereocenters. The Morgan fingerprint density at radius 1 is 1.22 bits per heavy atom. The average Bonchev–Trinajstić information content (AvgIpc) is 3.13. The first-order valence-corrected chi connectivity index (χ1v) is 12.2. The van der Waals surface area contributed by atoms with Gasteiger partial charge in [0.2, 0.25) is 5.91 Å². The van der Waals surface area contributed by atoms with Gasteiger partial charge in [0.1, 0.15) is 17.1 Å². The third-order valence-corrected chi connectivity index (χ3v) is 6.99. The molecule has 0 aromatic carbocycles. The van der Waals surface area contributed by atoms with E-state index in [1.54, 1.807) is 25.1 Å². The predicted octanol–water partition coefficient (Wildman–Crippen LogP) is 4.66. The molecule has 32 heavy (non-hydrogen) atoms. The molecular formula is C25H38N2O4S. The zero-order valence-corrected chi connectivity index (χ0v) is 21.3. The molecule has 0 radical (unpaired) electrons. The molecule has 7 heteroatoms. The maximum atomic E-state index is 13.1. The van der Waals surface area contributed by atoms with E-state index in [1.807, 2.05) is 27.7 Å². The van der Waals surface area contributed by atoms with Gasteiger partial charge in [0, 0.05) is 25.4 Å². The van der Waals surface area contributed by atoms with Crippen LogP contribution in [0.15, 0.2) is 6.07 Å². The molecule has 1 aromatic heterocycles. The zero-order chi connectivity index (χ0) is 24.2. The highest BCUT2D eigenvalue weighted by Gasteiger charge is 2.38. The molecule has 178 valence electrons. The maximum Gasteiger partial charge on any atom is 0.348 e. The number of rotatable bonds is 7. The van der Waals surface area contributed by atoms with Crippen LogP contribution in [-0.4, -0.2) is 53.4 Å². The summed E-state index contributed by atoms with van der Waals surface area (Å²) in [6.45, 7) is 10.1. The number of likely N-dealkylation sites (N-methyl/N-ethyl adjacent to an activating group) is 1. The molecule has 6 nitrogen and oxygen atoms in total. The van der Waals surface area contributed by atoms with Gasteiger partial charge in [-0.05, 0) is 52.0 Å². The van der Waals surface area contributed by atoms with Crippen LogP contribution in [0.3, 0.4) is 0 Å². The number of aliphatic hydroxyl groups is 1. The van der Waals surface area contributed by atoms with Crippen molar-refractivity contribution >= 4 is 28.9 Å². The Labute approximate surface area is 196 Å². The number of amides is 1. The maximum absolute atomic E-state index is 13.1. The van der Waals surface area contributed by atoms with Crippen molar-refractivity contribution in [3.8, 4) is 11.8 Å². The monoisotopic (exact) mass is 462 g/mol. The minimum atomic E-state index is -1.07. The number of aromatic carboxylic acids is 1. The number of carbonyl (C=O) groups is 2. The lowest BCUT2D eigenvalue weighted by atomic mass is 9.81. The topological polar surface area (TPSA) is 81.1 Å². The van der Waals surface area contributed by atoms with Crippen LogP contribution >= 0.6 is 11.3 Å². The molecular weight excluding hydrogens is 424 g/mol. The highest BCUT2D eigenvalue weighted by Crippen LogP contribution is 2.38. The average molecular weight is 463 g/mol. The largest absolute Gasteiger partial charge is 0.477 e. The van der Waals surface area contributed by atoms with Crippen molar-refractivity contribution < 1.29 is 19.8 Å². The van der Waals surface area contributed by atoms with Gasteiger partial charge in [-0.15, -0.1) is 11.3 Å². The molecule has 1 aliphatic carbocycles. The molecule has 1 heterocycles. The van der Waals surface area contributed by atoms with Crippen molar-refractivity contribution in [2.75, 3.05) is 19.0 Å². The first-order valence-electron chi connectivity index (χ1n) is 11.4. The second kappa shape index (κ2) is 10.7. The third-order valence-electron chi connectivity index (χ3n) is 5.96. The highest BCUT2D eigenvalue weighted by atomic mass is 32.1. The van der Waals surface area contributed by atoms with Gasteiger partial charge in [-0.1, -0.05) is 38.5 Å². The number of carboxylic acid groups (broad SMARTS) is 1. The van der Waals surface area contributed by atoms with Crippen molar-refractivity contribution in [3.05, 3.63) is 15.8 Å². The van der Waals surface area contributed by atoms with Crippen LogP contribution in [0.2, 0.25) is 0 Å². The van der Waals surface area contributed by atoms with E-state index < -0.39 is 18.2 Å². The molecule has 1 aromatic rings. The van der Waals surface area contributed by atoms with Gasteiger partial charge in [-0.2, -0.15) is 0 Å². The molecule has 1 aliphatic rings. The molecule has 0 aliphatic heterocycles. The zero-order valence-electron chi connectivity index (χ0n) is 20.4. The van der Waals surface area contributed by atoms with Crippen LogP contribution in [0.5, 0.6) is 0 Å². The molecule has 2 atom stereocenters. The summed E-state index contributed by atoms with van der Waals surface area (Å²) in [6, 6.07) is 1.07. The summed E-state index contributed by atoms with van der Waals surface area (Å²) in [5, 5.41) is 21.5. The first kappa shape index (κ1) is 26.2. The summed E-state index contributed by atoms with van der Waals surface area (Å²) in [5.74, 6) is 5.62. The Kier molecular flexibility index (Phi) is 8.78. The van der Waals surface area contributed by atoms with Crippen LogP contribution in [0.1, 0.15) is 81.3 Å². The molecule has 2 rings (SSSR count). The number of carbonyl (C=O) groups excluding carboxylic acids is 1. The fraction of sp³-hybridized carbons (Fsp3) is 0.680. The van der Waals surface area contributed by atoms with E-state index in [0.717, 1.165) is 37.0 Å². The van der Waals surface area contributed by atoms with Crippen molar-refractivity contribution in [1.29, 1.82) is 0 Å². The van der Waals surface area contributed by atoms with Gasteiger partial charge in [0.15, 0.2) is 0 Å². The lowest BCUT2D eigenvalue weighted by molar-refractivity contribution is -0.131. The van der Waals surface area contributed by atoms with Gasteiger partial charge in [0.25, 0.3) is 0 Å². The SMILES string of the molecule is CCC(C(=O)N(C)C)N(c1cc(C#CC(C)(C)C)sc1C(=O)O)C(O)C1CCC(C)CC1. The van der Waals surface area contributed by atoms with E-state index >= 15 is 0 Å². The second-order valence-corrected chi connectivity index (χ2v) is 11.2. The summed E-state index contributed by atoms with van der Waals surface area (Å²) in [6.07, 6.45) is 3.27. The molecule has 1 amide bonds. The Hall–Kier alpha value is -2.04. The van der Waals surface area contributed by atoms with Crippen molar-refractivity contribution in [1.82, 2.24) is 4.90 Å². The normalized spacial score (nSPS) is 20.6. The van der Waals surface area contributed by atoms with Crippen LogP contribution < -0.4 is 4.90 Å². The Balaban J connectivity index is 2.59. The molecule has 1 saturated carbocycles. The summed E-state index contributed by atoms with van der Waals surface area (Å²) in [5.41, 5.74) is 0.159. The van der Waals surface area contributed by atoms with Gasteiger partial charge < -0.3 is 20.0 Å². The third kappa shape index (κ3) is 6.49. The Morgan fingerprint density at radius 2 is 1.81 bits per heavy atom. The Bertz CT molecular complexity index is 867. The van der Waals surface area contributed by atoms with Crippen molar-refractivity contribution in [2.45, 2.75) is 79.0 Å². The molecule has 2 N–H and O–H groups in total. The number of hydrogen-bond donors (Lipinski definition) is 2. The Morgan fingerprint density at radius 3 is 2.28 bits per heavy atom. The highest BCUT2D eigenvalue weighted by molar-refractivity contribution is 7.15. The summed E-state index contributed by atoms with van der Waals surface area (Å²) >= 11 is 1.10. The van der Waals surface area contributed by atoms with E-state index in [4.69, 9.17) is 0 Å². The lowest BCUT2D eigenvalue weighted by Crippen LogP contribution is -2.54. The van der Waals surface area contributed by atoms with Gasteiger partial charge in [-0.25, -0.2) is 4.79 Å². The van der Waals surface area contributed by atoms with E-state index in [1.165, 1.54) is 4.90 Å². The fourth-order valence-corrected chi connectivity index (χ4v) is 4.98. The number of aliphatic hydroxyl groups excluding tert-OH is 1. The number of anilines is 1. The summed E-state index contributed by atoms with van der Waals surface area (Å²) in [7, 11) is 3.37. The number of thiophene rings is 1. The first-order chi connectivity index (χ1) is 14.9. The minimum Gasteiger partial charge on any atom is -0.477 e. The van der Waals surface area contributed by atoms with Crippen LogP contribution in [-0.2, 0) is 4.79 Å². The number of carboxylic acids is 1. The van der Waals surface area contributed by atoms with Gasteiger partial charge >= 0.3 is 5.97 Å². The fourth-order valence-electron chi connectivity index (χ4n) is 4.13. The van der Waals surface area contributed by atoms with E-state index in [0.29, 0.717) is 22.9 Å². The quantitative estimate of drug-likeness (QED) is 0.455. The molecule has 1 fully saturated rings. The van der Waals surface area contributed by atoms with Crippen molar-refractivity contribution in [3.63, 3.8) is 0 Å². The van der Waals surface area contributed by atoms with E-state index in [-0.39, 0.29) is 22.1 Å². The van der Waals surface area contributed by atoms with Crippen LogP contribution in [0, 0.1) is 29.1 Å². The van der Waals surface area contributed by atoms with E-state index in [9.17, 15) is 19.8 Å². The van der Waals surface area contributed by atoms with Gasteiger partial charge in [-0.3, -0.25) is 4.79 Å². The second-order valence-electron chi connectivity index (χ2n) is 10.1. The molecule has 0 saturated heterocycles.